The zero-order valence-electron chi connectivity index (χ0n) is 12.2. The van der Waals surface area contributed by atoms with Crippen LogP contribution in [-0.2, 0) is 4.74 Å². The van der Waals surface area contributed by atoms with Crippen LogP contribution >= 0.6 is 11.6 Å². The molecular formula is C15H18ClN3O2. The Morgan fingerprint density at radius 2 is 2.38 bits per heavy atom. The highest BCUT2D eigenvalue weighted by molar-refractivity contribution is 6.32. The number of halogens is 1. The molecule has 0 aromatic carbocycles. The summed E-state index contributed by atoms with van der Waals surface area (Å²) in [6.07, 6.45) is 2.94. The molecule has 0 bridgehead atoms. The summed E-state index contributed by atoms with van der Waals surface area (Å²) in [5.74, 6) is 0.991. The maximum absolute atomic E-state index is 11.6. The highest BCUT2D eigenvalue weighted by atomic mass is 35.5. The van der Waals surface area contributed by atoms with E-state index in [1.54, 1.807) is 12.1 Å². The molecule has 1 aliphatic rings. The normalized spacial score (nSPS) is 19.3. The predicted octanol–water partition coefficient (Wildman–Crippen LogP) is 2.58. The lowest BCUT2D eigenvalue weighted by atomic mass is 10.1. The minimum absolute atomic E-state index is 0.366. The Balaban J connectivity index is 2.00. The van der Waals surface area contributed by atoms with Gasteiger partial charge in [-0.05, 0) is 31.6 Å². The molecule has 0 spiro atoms. The lowest BCUT2D eigenvalue weighted by Crippen LogP contribution is -2.19. The van der Waals surface area contributed by atoms with Crippen LogP contribution in [0.2, 0.25) is 5.15 Å². The van der Waals surface area contributed by atoms with E-state index in [1.165, 1.54) is 7.11 Å². The highest BCUT2D eigenvalue weighted by Crippen LogP contribution is 2.30. The molecule has 0 saturated carbocycles. The number of hydrogen-bond donors (Lipinski definition) is 0. The van der Waals surface area contributed by atoms with E-state index in [2.05, 4.69) is 16.8 Å². The smallest absolute Gasteiger partial charge is 0.337 e. The molecule has 1 atom stereocenters. The van der Waals surface area contributed by atoms with Crippen LogP contribution < -0.4 is 0 Å². The molecule has 0 aliphatic carbocycles. The van der Waals surface area contributed by atoms with E-state index in [1.807, 2.05) is 10.6 Å². The Morgan fingerprint density at radius 1 is 1.57 bits per heavy atom. The van der Waals surface area contributed by atoms with Crippen molar-refractivity contribution in [1.82, 2.24) is 14.3 Å². The molecule has 2 aromatic rings. The quantitative estimate of drug-likeness (QED) is 0.818. The van der Waals surface area contributed by atoms with Gasteiger partial charge in [0, 0.05) is 18.7 Å². The summed E-state index contributed by atoms with van der Waals surface area (Å²) in [6.45, 7) is 5.32. The van der Waals surface area contributed by atoms with Gasteiger partial charge in [-0.15, -0.1) is 0 Å². The summed E-state index contributed by atoms with van der Waals surface area (Å²) in [5.41, 5.74) is 1.24. The fraction of sp³-hybridized carbons (Fsp3) is 0.467. The van der Waals surface area contributed by atoms with Crippen molar-refractivity contribution < 1.29 is 9.53 Å². The molecule has 0 radical (unpaired) electrons. The lowest BCUT2D eigenvalue weighted by molar-refractivity contribution is 0.0600. The van der Waals surface area contributed by atoms with E-state index in [4.69, 9.17) is 16.3 Å². The molecule has 1 aliphatic heterocycles. The van der Waals surface area contributed by atoms with Gasteiger partial charge in [-0.1, -0.05) is 18.5 Å². The summed E-state index contributed by atoms with van der Waals surface area (Å²) in [6, 6.07) is 3.48. The van der Waals surface area contributed by atoms with Gasteiger partial charge in [-0.25, -0.2) is 9.78 Å². The summed E-state index contributed by atoms with van der Waals surface area (Å²) < 4.78 is 6.73. The Labute approximate surface area is 128 Å². The standard InChI is InChI=1S/C15H18ClN3O2/c1-3-18-6-4-11(9-18)14-17-13(16)12-8-10(15(20)21-2)5-7-19(12)14/h5,7-8,11H,3-4,6,9H2,1-2H3. The molecule has 3 rings (SSSR count). The molecule has 21 heavy (non-hydrogen) atoms. The summed E-state index contributed by atoms with van der Waals surface area (Å²) >= 11 is 6.25. The van der Waals surface area contributed by atoms with E-state index in [9.17, 15) is 4.79 Å². The largest absolute Gasteiger partial charge is 0.465 e. The number of methoxy groups -OCH3 is 1. The number of hydrogen-bond acceptors (Lipinski definition) is 4. The predicted molar refractivity (Wildman–Crippen MR) is 81.0 cm³/mol. The Morgan fingerprint density at radius 3 is 3.05 bits per heavy atom. The summed E-state index contributed by atoms with van der Waals surface area (Å²) in [7, 11) is 1.37. The van der Waals surface area contributed by atoms with Crippen molar-refractivity contribution in [3.63, 3.8) is 0 Å². The van der Waals surface area contributed by atoms with Crippen molar-refractivity contribution in [3.05, 3.63) is 34.9 Å². The second kappa shape index (κ2) is 5.66. The Bertz CT molecular complexity index is 683. The number of carbonyl (C=O) groups is 1. The summed E-state index contributed by atoms with van der Waals surface area (Å²) in [5, 5.41) is 0.436. The maximum Gasteiger partial charge on any atom is 0.337 e. The van der Waals surface area contributed by atoms with Crippen LogP contribution in [0.1, 0.15) is 35.4 Å². The number of likely N-dealkylation sites (N-methyl/N-ethyl adjacent to an activating group) is 1. The van der Waals surface area contributed by atoms with Crippen LogP contribution in [-0.4, -0.2) is 47.0 Å². The van der Waals surface area contributed by atoms with Crippen LogP contribution in [0.3, 0.4) is 0 Å². The molecule has 2 aromatic heterocycles. The van der Waals surface area contributed by atoms with Crippen LogP contribution in [0.25, 0.3) is 5.52 Å². The molecule has 3 heterocycles. The molecule has 0 amide bonds. The van der Waals surface area contributed by atoms with Gasteiger partial charge in [-0.2, -0.15) is 0 Å². The summed E-state index contributed by atoms with van der Waals surface area (Å²) in [4.78, 5) is 18.5. The minimum atomic E-state index is -0.366. The molecule has 1 saturated heterocycles. The lowest BCUT2D eigenvalue weighted by Gasteiger charge is -2.12. The first kappa shape index (κ1) is 14.4. The number of aromatic nitrogens is 2. The van der Waals surface area contributed by atoms with Gasteiger partial charge in [0.05, 0.1) is 18.2 Å². The number of pyridine rings is 1. The first-order chi connectivity index (χ1) is 10.1. The second-order valence-electron chi connectivity index (χ2n) is 5.30. The first-order valence-electron chi connectivity index (χ1n) is 7.12. The zero-order valence-corrected chi connectivity index (χ0v) is 12.9. The van der Waals surface area contributed by atoms with Gasteiger partial charge in [-0.3, -0.25) is 0 Å². The molecule has 112 valence electrons. The van der Waals surface area contributed by atoms with Crippen molar-refractivity contribution in [2.75, 3.05) is 26.7 Å². The highest BCUT2D eigenvalue weighted by Gasteiger charge is 2.27. The second-order valence-corrected chi connectivity index (χ2v) is 5.66. The molecule has 0 N–H and O–H groups in total. The number of fused-ring (bicyclic) bond motifs is 1. The van der Waals surface area contributed by atoms with E-state index < -0.39 is 0 Å². The van der Waals surface area contributed by atoms with E-state index in [-0.39, 0.29) is 5.97 Å². The van der Waals surface area contributed by atoms with Crippen LogP contribution in [0.4, 0.5) is 0 Å². The minimum Gasteiger partial charge on any atom is -0.465 e. The third-order valence-electron chi connectivity index (χ3n) is 4.13. The van der Waals surface area contributed by atoms with Gasteiger partial charge in [0.2, 0.25) is 0 Å². The first-order valence-corrected chi connectivity index (χ1v) is 7.50. The van der Waals surface area contributed by atoms with E-state index >= 15 is 0 Å². The number of nitrogens with zero attached hydrogens (tertiary/aromatic N) is 3. The third-order valence-corrected chi connectivity index (χ3v) is 4.41. The topological polar surface area (TPSA) is 46.8 Å². The average molecular weight is 308 g/mol. The fourth-order valence-corrected chi connectivity index (χ4v) is 3.17. The molecule has 6 heteroatoms. The van der Waals surface area contributed by atoms with Gasteiger partial charge in [0.15, 0.2) is 5.15 Å². The Hall–Kier alpha value is -1.59. The number of likely N-dealkylation sites (tertiary alicyclic amines) is 1. The molecule has 5 nitrogen and oxygen atoms in total. The molecular weight excluding hydrogens is 290 g/mol. The van der Waals surface area contributed by atoms with E-state index in [0.717, 1.165) is 37.4 Å². The number of carbonyl (C=O) groups excluding carboxylic acids is 1. The maximum atomic E-state index is 11.6. The number of ether oxygens (including phenoxy) is 1. The molecule has 1 fully saturated rings. The van der Waals surface area contributed by atoms with Crippen LogP contribution in [0.5, 0.6) is 0 Å². The zero-order chi connectivity index (χ0) is 15.0. The van der Waals surface area contributed by atoms with Gasteiger partial charge < -0.3 is 14.0 Å². The van der Waals surface area contributed by atoms with Crippen LogP contribution in [0, 0.1) is 0 Å². The van der Waals surface area contributed by atoms with Gasteiger partial charge in [0.25, 0.3) is 0 Å². The van der Waals surface area contributed by atoms with E-state index in [0.29, 0.717) is 16.6 Å². The van der Waals surface area contributed by atoms with Crippen molar-refractivity contribution in [2.45, 2.75) is 19.3 Å². The number of rotatable bonds is 3. The van der Waals surface area contributed by atoms with Crippen molar-refractivity contribution in [2.24, 2.45) is 0 Å². The fourth-order valence-electron chi connectivity index (χ4n) is 2.93. The monoisotopic (exact) mass is 307 g/mol. The Kier molecular flexibility index (Phi) is 3.87. The number of esters is 1. The third kappa shape index (κ3) is 2.51. The van der Waals surface area contributed by atoms with Crippen molar-refractivity contribution in [3.8, 4) is 0 Å². The van der Waals surface area contributed by atoms with Crippen LogP contribution in [0.15, 0.2) is 18.3 Å². The van der Waals surface area contributed by atoms with Gasteiger partial charge in [0.1, 0.15) is 5.82 Å². The SMILES string of the molecule is CCN1CCC(c2nc(Cl)c3cc(C(=O)OC)ccn23)C1. The van der Waals surface area contributed by atoms with Crippen molar-refractivity contribution >= 4 is 23.1 Å². The number of imidazole rings is 1. The van der Waals surface area contributed by atoms with Crippen molar-refractivity contribution in [1.29, 1.82) is 0 Å². The van der Waals surface area contributed by atoms with Gasteiger partial charge >= 0.3 is 5.97 Å². The molecule has 1 unspecified atom stereocenters. The average Bonchev–Trinajstić information content (AvgIpc) is 3.11.